The van der Waals surface area contributed by atoms with Crippen LogP contribution in [0.1, 0.15) is 0 Å². The molecule has 0 aliphatic heterocycles. The second kappa shape index (κ2) is 6.61. The zero-order valence-corrected chi connectivity index (χ0v) is 10.3. The molecule has 0 bridgehead atoms. The fourth-order valence-electron chi connectivity index (χ4n) is 1.02. The number of hydrogen-bond donors (Lipinski definition) is 0. The molecule has 8 heteroatoms. The van der Waals surface area contributed by atoms with E-state index >= 15 is 0 Å². The number of rotatable bonds is 2. The highest BCUT2D eigenvalue weighted by atomic mass is 16.2. The van der Waals surface area contributed by atoms with Crippen LogP contribution < -0.4 is 11.2 Å². The van der Waals surface area contributed by atoms with Crippen molar-refractivity contribution in [2.45, 2.75) is 0 Å². The van der Waals surface area contributed by atoms with Crippen molar-refractivity contribution in [3.8, 4) is 0 Å². The van der Waals surface area contributed by atoms with E-state index in [1.165, 1.54) is 24.0 Å². The van der Waals surface area contributed by atoms with E-state index < -0.39 is 0 Å². The molecule has 1 aromatic heterocycles. The van der Waals surface area contributed by atoms with E-state index in [-0.39, 0.29) is 22.2 Å². The molecule has 0 amide bonds. The summed E-state index contributed by atoms with van der Waals surface area (Å²) in [7, 11) is 6.62. The third-order valence-electron chi connectivity index (χ3n) is 1.92. The third kappa shape index (κ3) is 3.85. The molecule has 0 aliphatic carbocycles. The van der Waals surface area contributed by atoms with Crippen LogP contribution in [0.3, 0.4) is 0 Å². The summed E-state index contributed by atoms with van der Waals surface area (Å²) in [5.41, 5.74) is -0.739. The Labute approximate surface area is 98.1 Å². The predicted octanol–water partition coefficient (Wildman–Crippen LogP) is -2.34. The van der Waals surface area contributed by atoms with Gasteiger partial charge in [-0.2, -0.15) is 0 Å². The first-order valence-corrected chi connectivity index (χ1v) is 4.41. The van der Waals surface area contributed by atoms with Crippen molar-refractivity contribution in [2.75, 3.05) is 14.1 Å². The van der Waals surface area contributed by atoms with E-state index in [1.807, 2.05) is 14.1 Å². The molecule has 17 heavy (non-hydrogen) atoms. The third-order valence-corrected chi connectivity index (χ3v) is 1.92. The minimum absolute atomic E-state index is 0. The summed E-state index contributed by atoms with van der Waals surface area (Å²) in [6.07, 6.45) is 1.54. The Morgan fingerprint density at radius 1 is 1.18 bits per heavy atom. The van der Waals surface area contributed by atoms with Gasteiger partial charge >= 0.3 is 5.69 Å². The highest BCUT2D eigenvalue weighted by Crippen LogP contribution is 2.02. The molecule has 0 aromatic carbocycles. The molecule has 0 atom stereocenters. The van der Waals surface area contributed by atoms with Crippen molar-refractivity contribution in [3.05, 3.63) is 26.9 Å². The average Bonchev–Trinajstić information content (AvgIpc) is 2.18. The molecule has 1 rings (SSSR count). The van der Waals surface area contributed by atoms with Gasteiger partial charge in [0.25, 0.3) is 5.56 Å². The van der Waals surface area contributed by atoms with E-state index in [0.717, 1.165) is 4.57 Å². The summed E-state index contributed by atoms with van der Waals surface area (Å²) in [6, 6.07) is 1.32. The van der Waals surface area contributed by atoms with E-state index in [4.69, 9.17) is 0 Å². The molecule has 0 radical (unpaired) electrons. The maximum atomic E-state index is 11.5. The van der Waals surface area contributed by atoms with Crippen LogP contribution in [-0.2, 0) is 14.1 Å². The van der Waals surface area contributed by atoms with Crippen LogP contribution in [0.15, 0.2) is 20.6 Å². The average molecular weight is 246 g/mol. The Balaban J connectivity index is 0. The molecule has 98 valence electrons. The molecule has 1 aromatic rings. The lowest BCUT2D eigenvalue weighted by Crippen LogP contribution is -2.36. The number of aliphatic imine (C=N–C) groups is 1. The lowest BCUT2D eigenvalue weighted by molar-refractivity contribution is 0.639. The second-order valence-electron chi connectivity index (χ2n) is 3.45. The van der Waals surface area contributed by atoms with E-state index in [0.29, 0.717) is 5.82 Å². The van der Waals surface area contributed by atoms with Gasteiger partial charge in [-0.3, -0.25) is 13.9 Å². The minimum Gasteiger partial charge on any atom is -0.412 e. The maximum absolute atomic E-state index is 11.5. The summed E-state index contributed by atoms with van der Waals surface area (Å²) < 4.78 is 2.36. The lowest BCUT2D eigenvalue weighted by atomic mass is 10.5. The first-order chi connectivity index (χ1) is 6.93. The molecular formula is C9H18N4O4. The van der Waals surface area contributed by atoms with Crippen LogP contribution >= 0.6 is 0 Å². The minimum atomic E-state index is -0.381. The Morgan fingerprint density at radius 3 is 2.18 bits per heavy atom. The Kier molecular flexibility index (Phi) is 6.79. The van der Waals surface area contributed by atoms with Crippen LogP contribution in [0.5, 0.6) is 0 Å². The van der Waals surface area contributed by atoms with E-state index in [2.05, 4.69) is 4.99 Å². The molecule has 0 spiro atoms. The monoisotopic (exact) mass is 246 g/mol. The van der Waals surface area contributed by atoms with Gasteiger partial charge in [-0.15, -0.1) is 0 Å². The fraction of sp³-hybridized carbons (Fsp3) is 0.444. The van der Waals surface area contributed by atoms with Crippen molar-refractivity contribution in [2.24, 2.45) is 19.1 Å². The van der Waals surface area contributed by atoms with Gasteiger partial charge in [-0.1, -0.05) is 0 Å². The molecular weight excluding hydrogens is 228 g/mol. The second-order valence-corrected chi connectivity index (χ2v) is 3.45. The normalized spacial score (nSPS) is 9.65. The van der Waals surface area contributed by atoms with Crippen LogP contribution in [0.2, 0.25) is 0 Å². The van der Waals surface area contributed by atoms with Crippen LogP contribution in [0.25, 0.3) is 0 Å². The van der Waals surface area contributed by atoms with Gasteiger partial charge < -0.3 is 15.9 Å². The van der Waals surface area contributed by atoms with Crippen LogP contribution in [-0.4, -0.2) is 45.4 Å². The van der Waals surface area contributed by atoms with Gasteiger partial charge in [-0.25, -0.2) is 9.79 Å². The zero-order chi connectivity index (χ0) is 11.6. The maximum Gasteiger partial charge on any atom is 0.332 e. The molecule has 4 N–H and O–H groups in total. The molecule has 0 aliphatic rings. The molecule has 0 saturated heterocycles. The highest BCUT2D eigenvalue weighted by molar-refractivity contribution is 5.58. The van der Waals surface area contributed by atoms with Gasteiger partial charge in [0.05, 0.1) is 6.34 Å². The molecule has 1 heterocycles. The van der Waals surface area contributed by atoms with Crippen LogP contribution in [0.4, 0.5) is 5.82 Å². The highest BCUT2D eigenvalue weighted by Gasteiger charge is 2.03. The molecule has 0 fully saturated rings. The van der Waals surface area contributed by atoms with Gasteiger partial charge in [-0.05, 0) is 0 Å². The van der Waals surface area contributed by atoms with Crippen LogP contribution in [0, 0.1) is 0 Å². The molecule has 8 nitrogen and oxygen atoms in total. The Hall–Kier alpha value is -1.93. The Bertz CT molecular complexity index is 501. The molecule has 0 unspecified atom stereocenters. The van der Waals surface area contributed by atoms with E-state index in [1.54, 1.807) is 11.9 Å². The summed E-state index contributed by atoms with van der Waals surface area (Å²) in [5, 5.41) is 0. The topological polar surface area (TPSA) is 123 Å². The first-order valence-electron chi connectivity index (χ1n) is 4.41. The first kappa shape index (κ1) is 17.5. The number of hydrogen-bond acceptors (Lipinski definition) is 3. The quantitative estimate of drug-likeness (QED) is 0.429. The summed E-state index contributed by atoms with van der Waals surface area (Å²) in [6.45, 7) is 0. The van der Waals surface area contributed by atoms with Crippen molar-refractivity contribution in [1.29, 1.82) is 0 Å². The summed E-state index contributed by atoms with van der Waals surface area (Å²) in [5.74, 6) is 0.344. The predicted molar refractivity (Wildman–Crippen MR) is 66.0 cm³/mol. The summed E-state index contributed by atoms with van der Waals surface area (Å²) in [4.78, 5) is 28.6. The van der Waals surface area contributed by atoms with Gasteiger partial charge in [0.1, 0.15) is 5.82 Å². The molecule has 0 saturated carbocycles. The van der Waals surface area contributed by atoms with Gasteiger partial charge in [0.15, 0.2) is 0 Å². The van der Waals surface area contributed by atoms with Crippen molar-refractivity contribution < 1.29 is 11.0 Å². The zero-order valence-electron chi connectivity index (χ0n) is 10.3. The fourth-order valence-corrected chi connectivity index (χ4v) is 1.02. The van der Waals surface area contributed by atoms with Crippen molar-refractivity contribution in [3.63, 3.8) is 0 Å². The van der Waals surface area contributed by atoms with Gasteiger partial charge in [0, 0.05) is 34.3 Å². The number of aromatic nitrogens is 2. The standard InChI is InChI=1S/C9H14N4O2.2H2O/c1-11(2)6-10-7-5-8(14)13(4)9(15)12(7)3;;/h5-6H,1-4H3;2*1H2/b10-6+;;. The largest absolute Gasteiger partial charge is 0.412 e. The Morgan fingerprint density at radius 2 is 1.71 bits per heavy atom. The lowest BCUT2D eigenvalue weighted by Gasteiger charge is -2.06. The van der Waals surface area contributed by atoms with Gasteiger partial charge in [0.2, 0.25) is 0 Å². The van der Waals surface area contributed by atoms with E-state index in [9.17, 15) is 9.59 Å². The SMILES string of the molecule is CN(C)/C=N/c1cc(=O)n(C)c(=O)n1C.O.O. The van der Waals surface area contributed by atoms with Crippen molar-refractivity contribution in [1.82, 2.24) is 14.0 Å². The van der Waals surface area contributed by atoms with Crippen molar-refractivity contribution >= 4 is 12.2 Å². The summed E-state index contributed by atoms with van der Waals surface area (Å²) >= 11 is 0. The smallest absolute Gasteiger partial charge is 0.332 e. The number of nitrogens with zero attached hydrogens (tertiary/aromatic N) is 4.